The number of halogens is 3. The summed E-state index contributed by atoms with van der Waals surface area (Å²) in [6.07, 6.45) is 2.00. The SMILES string of the molecule is CN=C(NCCc1ccc(F)c(Br)c1)N1CCC(N2CCOCC2)C1.I. The highest BCUT2D eigenvalue weighted by Crippen LogP contribution is 2.18. The lowest BCUT2D eigenvalue weighted by Gasteiger charge is -2.32. The van der Waals surface area contributed by atoms with Crippen LogP contribution in [0.3, 0.4) is 0 Å². The van der Waals surface area contributed by atoms with Crippen LogP contribution in [0.1, 0.15) is 12.0 Å². The van der Waals surface area contributed by atoms with Crippen LogP contribution < -0.4 is 5.32 Å². The zero-order valence-corrected chi connectivity index (χ0v) is 19.0. The first-order chi connectivity index (χ1) is 12.2. The number of hydrogen-bond donors (Lipinski definition) is 1. The molecule has 0 spiro atoms. The summed E-state index contributed by atoms with van der Waals surface area (Å²) in [7, 11) is 1.83. The normalized spacial score (nSPS) is 21.6. The highest BCUT2D eigenvalue weighted by Gasteiger charge is 2.30. The zero-order valence-electron chi connectivity index (χ0n) is 15.1. The summed E-state index contributed by atoms with van der Waals surface area (Å²) in [4.78, 5) is 9.30. The molecule has 2 aliphatic rings. The first-order valence-corrected chi connectivity index (χ1v) is 9.68. The molecular formula is C18H27BrFIN4O. The van der Waals surface area contributed by atoms with Crippen LogP contribution in [-0.2, 0) is 11.2 Å². The van der Waals surface area contributed by atoms with Gasteiger partial charge in [-0.1, -0.05) is 6.07 Å². The first kappa shape index (κ1) is 21.8. The molecule has 0 saturated carbocycles. The van der Waals surface area contributed by atoms with Crippen molar-refractivity contribution in [2.75, 3.05) is 53.0 Å². The zero-order chi connectivity index (χ0) is 17.6. The number of likely N-dealkylation sites (tertiary alicyclic amines) is 1. The smallest absolute Gasteiger partial charge is 0.193 e. The maximum atomic E-state index is 13.3. The lowest BCUT2D eigenvalue weighted by atomic mass is 10.1. The molecule has 0 aromatic heterocycles. The first-order valence-electron chi connectivity index (χ1n) is 8.88. The second-order valence-electron chi connectivity index (χ2n) is 6.51. The Kier molecular flexibility index (Phi) is 9.05. The van der Waals surface area contributed by atoms with E-state index in [-0.39, 0.29) is 29.8 Å². The molecule has 2 fully saturated rings. The van der Waals surface area contributed by atoms with Gasteiger partial charge in [-0.15, -0.1) is 24.0 Å². The van der Waals surface area contributed by atoms with Gasteiger partial charge >= 0.3 is 0 Å². The molecule has 2 aliphatic heterocycles. The van der Waals surface area contributed by atoms with E-state index in [9.17, 15) is 4.39 Å². The van der Waals surface area contributed by atoms with Gasteiger partial charge in [-0.2, -0.15) is 0 Å². The van der Waals surface area contributed by atoms with Crippen molar-refractivity contribution in [3.8, 4) is 0 Å². The molecule has 1 unspecified atom stereocenters. The Balaban J connectivity index is 0.00000243. The van der Waals surface area contributed by atoms with E-state index in [1.807, 2.05) is 19.2 Å². The third-order valence-electron chi connectivity index (χ3n) is 4.92. The fraction of sp³-hybridized carbons (Fsp3) is 0.611. The molecule has 8 heteroatoms. The highest BCUT2D eigenvalue weighted by molar-refractivity contribution is 14.0. The predicted molar refractivity (Wildman–Crippen MR) is 117 cm³/mol. The van der Waals surface area contributed by atoms with E-state index >= 15 is 0 Å². The van der Waals surface area contributed by atoms with Gasteiger partial charge in [0.2, 0.25) is 0 Å². The third-order valence-corrected chi connectivity index (χ3v) is 5.53. The second kappa shape index (κ2) is 10.8. The summed E-state index contributed by atoms with van der Waals surface area (Å²) in [5.41, 5.74) is 1.10. The standard InChI is InChI=1S/C18H26BrFN4O.HI/c1-21-18(22-6-4-14-2-3-17(20)16(19)12-14)24-7-5-15(13-24)23-8-10-25-11-9-23;/h2-3,12,15H,4-11,13H2,1H3,(H,21,22);1H. The third kappa shape index (κ3) is 5.77. The molecule has 0 radical (unpaired) electrons. The summed E-state index contributed by atoms with van der Waals surface area (Å²) in [6.45, 7) is 6.58. The van der Waals surface area contributed by atoms with Gasteiger partial charge in [-0.25, -0.2) is 4.39 Å². The van der Waals surface area contributed by atoms with E-state index in [1.165, 1.54) is 12.5 Å². The van der Waals surface area contributed by atoms with Gasteiger partial charge in [0.1, 0.15) is 5.82 Å². The van der Waals surface area contributed by atoms with Crippen LogP contribution in [0.4, 0.5) is 4.39 Å². The van der Waals surface area contributed by atoms with E-state index in [0.29, 0.717) is 10.5 Å². The van der Waals surface area contributed by atoms with E-state index in [1.54, 1.807) is 0 Å². The minimum atomic E-state index is -0.223. The Morgan fingerprint density at radius 3 is 2.81 bits per heavy atom. The molecule has 2 heterocycles. The van der Waals surface area contributed by atoms with Crippen LogP contribution >= 0.6 is 39.9 Å². The number of aliphatic imine (C=N–C) groups is 1. The Hall–Kier alpha value is -0.450. The molecule has 146 valence electrons. The second-order valence-corrected chi connectivity index (χ2v) is 7.36. The van der Waals surface area contributed by atoms with E-state index in [0.717, 1.165) is 63.9 Å². The number of nitrogens with one attached hydrogen (secondary N) is 1. The minimum Gasteiger partial charge on any atom is -0.379 e. The van der Waals surface area contributed by atoms with Gasteiger partial charge in [0.25, 0.3) is 0 Å². The Labute approximate surface area is 180 Å². The van der Waals surface area contributed by atoms with Crippen LogP contribution in [0.25, 0.3) is 0 Å². The van der Waals surface area contributed by atoms with Crippen molar-refractivity contribution < 1.29 is 9.13 Å². The topological polar surface area (TPSA) is 40.1 Å². The summed E-state index contributed by atoms with van der Waals surface area (Å²) in [5.74, 6) is 0.732. The fourth-order valence-electron chi connectivity index (χ4n) is 3.52. The highest BCUT2D eigenvalue weighted by atomic mass is 127. The molecule has 1 aromatic carbocycles. The van der Waals surface area contributed by atoms with Gasteiger partial charge in [-0.05, 0) is 46.5 Å². The van der Waals surface area contributed by atoms with Crippen LogP contribution in [0, 0.1) is 5.82 Å². The van der Waals surface area contributed by atoms with Crippen molar-refractivity contribution in [2.45, 2.75) is 18.9 Å². The van der Waals surface area contributed by atoms with Crippen molar-refractivity contribution in [2.24, 2.45) is 4.99 Å². The summed E-state index contributed by atoms with van der Waals surface area (Å²) in [6, 6.07) is 5.76. The van der Waals surface area contributed by atoms with Crippen molar-refractivity contribution in [1.29, 1.82) is 0 Å². The van der Waals surface area contributed by atoms with Crippen molar-refractivity contribution in [3.05, 3.63) is 34.1 Å². The molecule has 0 bridgehead atoms. The average Bonchev–Trinajstić information content (AvgIpc) is 3.12. The van der Waals surface area contributed by atoms with E-state index in [2.05, 4.69) is 36.0 Å². The van der Waals surface area contributed by atoms with Crippen molar-refractivity contribution in [1.82, 2.24) is 15.1 Å². The Morgan fingerprint density at radius 2 is 2.12 bits per heavy atom. The monoisotopic (exact) mass is 540 g/mol. The Bertz CT molecular complexity index is 613. The molecule has 2 saturated heterocycles. The minimum absolute atomic E-state index is 0. The molecule has 0 amide bonds. The van der Waals surface area contributed by atoms with Crippen molar-refractivity contribution >= 4 is 45.9 Å². The fourth-order valence-corrected chi connectivity index (χ4v) is 3.95. The summed E-state index contributed by atoms with van der Waals surface area (Å²) < 4.78 is 19.3. The predicted octanol–water partition coefficient (Wildman–Crippen LogP) is 2.73. The van der Waals surface area contributed by atoms with Crippen molar-refractivity contribution in [3.63, 3.8) is 0 Å². The van der Waals surface area contributed by atoms with E-state index in [4.69, 9.17) is 4.74 Å². The van der Waals surface area contributed by atoms with Gasteiger partial charge in [0, 0.05) is 45.8 Å². The quantitative estimate of drug-likeness (QED) is 0.362. The molecule has 3 rings (SSSR count). The van der Waals surface area contributed by atoms with Gasteiger partial charge in [0.05, 0.1) is 17.7 Å². The number of ether oxygens (including phenoxy) is 1. The van der Waals surface area contributed by atoms with Crippen LogP contribution in [-0.4, -0.2) is 74.8 Å². The number of nitrogens with zero attached hydrogens (tertiary/aromatic N) is 3. The van der Waals surface area contributed by atoms with Crippen LogP contribution in [0.5, 0.6) is 0 Å². The summed E-state index contributed by atoms with van der Waals surface area (Å²) >= 11 is 3.24. The summed E-state index contributed by atoms with van der Waals surface area (Å²) in [5, 5.41) is 3.44. The molecule has 1 atom stereocenters. The lowest BCUT2D eigenvalue weighted by molar-refractivity contribution is 0.0195. The Morgan fingerprint density at radius 1 is 1.35 bits per heavy atom. The van der Waals surface area contributed by atoms with Crippen LogP contribution in [0.2, 0.25) is 0 Å². The number of benzene rings is 1. The molecular weight excluding hydrogens is 514 g/mol. The molecule has 26 heavy (non-hydrogen) atoms. The average molecular weight is 541 g/mol. The molecule has 5 nitrogen and oxygen atoms in total. The van der Waals surface area contributed by atoms with Gasteiger partial charge in [-0.3, -0.25) is 9.89 Å². The van der Waals surface area contributed by atoms with Gasteiger partial charge < -0.3 is 15.0 Å². The lowest BCUT2D eigenvalue weighted by Crippen LogP contribution is -2.46. The molecule has 0 aliphatic carbocycles. The molecule has 1 aromatic rings. The number of morpholine rings is 1. The maximum Gasteiger partial charge on any atom is 0.193 e. The van der Waals surface area contributed by atoms with Crippen LogP contribution in [0.15, 0.2) is 27.7 Å². The largest absolute Gasteiger partial charge is 0.379 e. The number of guanidine groups is 1. The number of hydrogen-bond acceptors (Lipinski definition) is 3. The molecule has 1 N–H and O–H groups in total. The van der Waals surface area contributed by atoms with Gasteiger partial charge in [0.15, 0.2) is 5.96 Å². The maximum absolute atomic E-state index is 13.3. The van der Waals surface area contributed by atoms with E-state index < -0.39 is 0 Å². The number of rotatable bonds is 4.